The number of aliphatic hydroxyl groups is 1. The van der Waals surface area contributed by atoms with Crippen LogP contribution in [0.1, 0.15) is 10.4 Å². The minimum absolute atomic E-state index is 0.0654. The highest BCUT2D eigenvalue weighted by Gasteiger charge is 2.14. The molecule has 14 heavy (non-hydrogen) atoms. The van der Waals surface area contributed by atoms with Crippen LogP contribution in [0.5, 0.6) is 5.88 Å². The Bertz CT molecular complexity index is 338. The lowest BCUT2D eigenvalue weighted by molar-refractivity contribution is -0.702. The minimum atomic E-state index is -1.00. The van der Waals surface area contributed by atoms with Gasteiger partial charge >= 0.3 is 11.8 Å². The Morgan fingerprint density at radius 2 is 2.29 bits per heavy atom. The topological polar surface area (TPSA) is 70.6 Å². The van der Waals surface area contributed by atoms with Gasteiger partial charge in [0.1, 0.15) is 12.2 Å². The van der Waals surface area contributed by atoms with Crippen molar-refractivity contribution in [1.29, 1.82) is 0 Å². The number of carbonyl (C=O) groups is 1. The molecule has 0 atom stereocenters. The standard InChI is InChI=1S/C9H11NO4/c1-14-8-3-2-7(9(12)13)6-10(8)4-5-11/h2-3,6,11H,4-5H2,1H3/p+1. The fourth-order valence-corrected chi connectivity index (χ4v) is 1.13. The summed E-state index contributed by atoms with van der Waals surface area (Å²) in [6.45, 7) is 0.244. The number of ether oxygens (including phenoxy) is 1. The van der Waals surface area contributed by atoms with E-state index in [1.807, 2.05) is 0 Å². The highest BCUT2D eigenvalue weighted by atomic mass is 16.5. The summed E-state index contributed by atoms with van der Waals surface area (Å²) in [4.78, 5) is 10.6. The van der Waals surface area contributed by atoms with Crippen molar-refractivity contribution >= 4 is 5.97 Å². The first-order valence-corrected chi connectivity index (χ1v) is 4.10. The van der Waals surface area contributed by atoms with Crippen LogP contribution in [0.4, 0.5) is 0 Å². The molecule has 2 N–H and O–H groups in total. The highest BCUT2D eigenvalue weighted by molar-refractivity contribution is 5.86. The number of rotatable bonds is 4. The molecule has 0 aliphatic carbocycles. The quantitative estimate of drug-likeness (QED) is 0.650. The SMILES string of the molecule is COc1ccc(C(=O)O)c[n+]1CCO. The van der Waals surface area contributed by atoms with E-state index >= 15 is 0 Å². The van der Waals surface area contributed by atoms with E-state index in [2.05, 4.69) is 0 Å². The Morgan fingerprint density at radius 3 is 2.79 bits per heavy atom. The van der Waals surface area contributed by atoms with Gasteiger partial charge in [-0.25, -0.2) is 4.79 Å². The van der Waals surface area contributed by atoms with Crippen LogP contribution in [-0.4, -0.2) is 29.9 Å². The normalized spacial score (nSPS) is 9.86. The fourth-order valence-electron chi connectivity index (χ4n) is 1.13. The van der Waals surface area contributed by atoms with E-state index < -0.39 is 5.97 Å². The number of aromatic carboxylic acids is 1. The van der Waals surface area contributed by atoms with E-state index in [0.717, 1.165) is 0 Å². The molecule has 0 aliphatic rings. The third-order valence-corrected chi connectivity index (χ3v) is 1.78. The van der Waals surface area contributed by atoms with Crippen molar-refractivity contribution < 1.29 is 24.3 Å². The lowest BCUT2D eigenvalue weighted by Gasteiger charge is -2.01. The Kier molecular flexibility index (Phi) is 3.41. The van der Waals surface area contributed by atoms with E-state index in [-0.39, 0.29) is 12.2 Å². The molecule has 0 aromatic carbocycles. The minimum Gasteiger partial charge on any atom is -0.477 e. The number of carboxylic acid groups (broad SMARTS) is 1. The molecule has 0 aliphatic heterocycles. The third kappa shape index (κ3) is 2.20. The molecule has 5 heteroatoms. The summed E-state index contributed by atoms with van der Waals surface area (Å²) >= 11 is 0. The van der Waals surface area contributed by atoms with Crippen molar-refractivity contribution in [2.24, 2.45) is 0 Å². The van der Waals surface area contributed by atoms with Gasteiger partial charge in [-0.15, -0.1) is 0 Å². The Balaban J connectivity index is 3.07. The highest BCUT2D eigenvalue weighted by Crippen LogP contribution is 2.04. The van der Waals surface area contributed by atoms with Gasteiger partial charge in [0.15, 0.2) is 12.7 Å². The van der Waals surface area contributed by atoms with Crippen LogP contribution in [0.15, 0.2) is 18.3 Å². The molecule has 76 valence electrons. The first kappa shape index (κ1) is 10.5. The van der Waals surface area contributed by atoms with Crippen molar-refractivity contribution in [2.45, 2.75) is 6.54 Å². The van der Waals surface area contributed by atoms with Gasteiger partial charge in [0.05, 0.1) is 13.2 Å². The number of hydrogen-bond donors (Lipinski definition) is 2. The average Bonchev–Trinajstić information content (AvgIpc) is 2.18. The van der Waals surface area contributed by atoms with Gasteiger partial charge in [-0.1, -0.05) is 0 Å². The van der Waals surface area contributed by atoms with Crippen LogP contribution in [-0.2, 0) is 6.54 Å². The van der Waals surface area contributed by atoms with Crippen LogP contribution >= 0.6 is 0 Å². The Hall–Kier alpha value is -1.62. The summed E-state index contributed by atoms with van der Waals surface area (Å²) < 4.78 is 6.54. The van der Waals surface area contributed by atoms with Gasteiger partial charge in [0, 0.05) is 0 Å². The van der Waals surface area contributed by atoms with Gasteiger partial charge in [0.25, 0.3) is 0 Å². The van der Waals surface area contributed by atoms with Gasteiger partial charge in [-0.2, -0.15) is 4.57 Å². The molecule has 1 rings (SSSR count). The van der Waals surface area contributed by atoms with Crippen LogP contribution in [0.25, 0.3) is 0 Å². The molecule has 0 unspecified atom stereocenters. The molecule has 0 amide bonds. The number of pyridine rings is 1. The summed E-state index contributed by atoms with van der Waals surface area (Å²) in [6, 6.07) is 3.01. The maximum atomic E-state index is 10.6. The molecular weight excluding hydrogens is 186 g/mol. The summed E-state index contributed by atoms with van der Waals surface area (Å²) in [7, 11) is 1.49. The maximum absolute atomic E-state index is 10.6. The fraction of sp³-hybridized carbons (Fsp3) is 0.333. The van der Waals surface area contributed by atoms with E-state index in [4.69, 9.17) is 14.9 Å². The second kappa shape index (κ2) is 4.57. The number of aromatic nitrogens is 1. The van der Waals surface area contributed by atoms with E-state index in [0.29, 0.717) is 12.4 Å². The number of nitrogens with zero attached hydrogens (tertiary/aromatic N) is 1. The number of hydrogen-bond acceptors (Lipinski definition) is 3. The zero-order valence-electron chi connectivity index (χ0n) is 7.80. The number of aliphatic hydroxyl groups excluding tert-OH is 1. The lowest BCUT2D eigenvalue weighted by atomic mass is 10.3. The van der Waals surface area contributed by atoms with E-state index in [1.165, 1.54) is 19.4 Å². The molecule has 0 spiro atoms. The molecule has 0 saturated carbocycles. The predicted octanol–water partition coefficient (Wildman–Crippen LogP) is -0.327. The Morgan fingerprint density at radius 1 is 1.57 bits per heavy atom. The number of carboxylic acids is 1. The summed E-state index contributed by atoms with van der Waals surface area (Å²) in [5.74, 6) is -0.483. The van der Waals surface area contributed by atoms with Gasteiger partial charge in [-0.3, -0.25) is 0 Å². The summed E-state index contributed by atoms with van der Waals surface area (Å²) in [6.07, 6.45) is 1.43. The van der Waals surface area contributed by atoms with Crippen molar-refractivity contribution in [3.05, 3.63) is 23.9 Å². The maximum Gasteiger partial charge on any atom is 0.367 e. The van der Waals surface area contributed by atoms with Crippen molar-refractivity contribution in [2.75, 3.05) is 13.7 Å². The van der Waals surface area contributed by atoms with Gasteiger partial charge < -0.3 is 14.9 Å². The Labute approximate surface area is 81.2 Å². The van der Waals surface area contributed by atoms with Gasteiger partial charge in [-0.05, 0) is 6.07 Å². The largest absolute Gasteiger partial charge is 0.477 e. The van der Waals surface area contributed by atoms with Crippen LogP contribution in [0.2, 0.25) is 0 Å². The second-order valence-corrected chi connectivity index (χ2v) is 2.68. The molecule has 5 nitrogen and oxygen atoms in total. The smallest absolute Gasteiger partial charge is 0.367 e. The third-order valence-electron chi connectivity index (χ3n) is 1.78. The number of methoxy groups -OCH3 is 1. The molecule has 0 saturated heterocycles. The van der Waals surface area contributed by atoms with E-state index in [1.54, 1.807) is 10.6 Å². The van der Waals surface area contributed by atoms with Crippen LogP contribution in [0.3, 0.4) is 0 Å². The van der Waals surface area contributed by atoms with Crippen molar-refractivity contribution in [3.8, 4) is 5.88 Å². The summed E-state index contributed by atoms with van der Waals surface area (Å²) in [5.41, 5.74) is 0.166. The van der Waals surface area contributed by atoms with Gasteiger partial charge in [0.2, 0.25) is 0 Å². The monoisotopic (exact) mass is 198 g/mol. The molecule has 1 aromatic rings. The van der Waals surface area contributed by atoms with Crippen molar-refractivity contribution in [3.63, 3.8) is 0 Å². The second-order valence-electron chi connectivity index (χ2n) is 2.68. The average molecular weight is 198 g/mol. The molecule has 1 aromatic heterocycles. The first-order valence-electron chi connectivity index (χ1n) is 4.10. The molecule has 0 bridgehead atoms. The van der Waals surface area contributed by atoms with Crippen LogP contribution < -0.4 is 9.30 Å². The predicted molar refractivity (Wildman–Crippen MR) is 47.2 cm³/mol. The molecule has 1 heterocycles. The van der Waals surface area contributed by atoms with Crippen molar-refractivity contribution in [1.82, 2.24) is 0 Å². The summed E-state index contributed by atoms with van der Waals surface area (Å²) in [5, 5.41) is 17.5. The van der Waals surface area contributed by atoms with E-state index in [9.17, 15) is 4.79 Å². The first-order chi connectivity index (χ1) is 6.69. The zero-order valence-corrected chi connectivity index (χ0v) is 7.80. The van der Waals surface area contributed by atoms with Crippen LogP contribution in [0, 0.1) is 0 Å². The molecule has 0 radical (unpaired) electrons. The molecule has 0 fully saturated rings. The lowest BCUT2D eigenvalue weighted by Crippen LogP contribution is -2.37. The zero-order chi connectivity index (χ0) is 10.6. The molecular formula is C9H12NO4+.